The molecular formula is C10H19NO2. The zero-order valence-corrected chi connectivity index (χ0v) is 8.72. The highest BCUT2D eigenvalue weighted by atomic mass is 16.5. The molecule has 0 heterocycles. The van der Waals surface area contributed by atoms with E-state index in [-0.39, 0.29) is 5.97 Å². The number of allylic oxidation sites excluding steroid dienone is 1. The first-order chi connectivity index (χ1) is 6.10. The molecule has 0 saturated heterocycles. The monoisotopic (exact) mass is 185 g/mol. The highest BCUT2D eigenvalue weighted by Gasteiger charge is 2.31. The molecule has 0 bridgehead atoms. The topological polar surface area (TPSA) is 38.3 Å². The van der Waals surface area contributed by atoms with Crippen molar-refractivity contribution in [3.05, 3.63) is 12.7 Å². The van der Waals surface area contributed by atoms with Crippen LogP contribution in [0.15, 0.2) is 12.7 Å². The Morgan fingerprint density at radius 3 is 2.69 bits per heavy atom. The molecule has 0 rings (SSSR count). The fraction of sp³-hybridized carbons (Fsp3) is 0.700. The second-order valence-corrected chi connectivity index (χ2v) is 3.13. The minimum Gasteiger partial charge on any atom is -0.465 e. The van der Waals surface area contributed by atoms with Crippen molar-refractivity contribution in [2.75, 3.05) is 13.7 Å². The smallest absolute Gasteiger partial charge is 0.326 e. The average Bonchev–Trinajstić information content (AvgIpc) is 2.14. The van der Waals surface area contributed by atoms with Gasteiger partial charge < -0.3 is 10.1 Å². The summed E-state index contributed by atoms with van der Waals surface area (Å²) in [7, 11) is 1.76. The summed E-state index contributed by atoms with van der Waals surface area (Å²) in [6, 6.07) is 0. The van der Waals surface area contributed by atoms with Crippen LogP contribution in [0, 0.1) is 0 Å². The Morgan fingerprint density at radius 2 is 2.31 bits per heavy atom. The van der Waals surface area contributed by atoms with Gasteiger partial charge >= 0.3 is 5.97 Å². The Balaban J connectivity index is 4.23. The molecule has 13 heavy (non-hydrogen) atoms. The molecule has 76 valence electrons. The average molecular weight is 185 g/mol. The molecule has 3 nitrogen and oxygen atoms in total. The summed E-state index contributed by atoms with van der Waals surface area (Å²) < 4.78 is 4.96. The number of rotatable bonds is 6. The van der Waals surface area contributed by atoms with Gasteiger partial charge in [0.2, 0.25) is 0 Å². The van der Waals surface area contributed by atoms with E-state index >= 15 is 0 Å². The lowest BCUT2D eigenvalue weighted by Crippen LogP contribution is -2.48. The maximum atomic E-state index is 11.5. The van der Waals surface area contributed by atoms with E-state index in [1.54, 1.807) is 13.1 Å². The van der Waals surface area contributed by atoms with Gasteiger partial charge in [-0.15, -0.1) is 6.58 Å². The summed E-state index contributed by atoms with van der Waals surface area (Å²) in [4.78, 5) is 11.5. The predicted molar refractivity (Wildman–Crippen MR) is 53.5 cm³/mol. The van der Waals surface area contributed by atoms with Gasteiger partial charge in [-0.25, -0.2) is 0 Å². The molecule has 0 aliphatic carbocycles. The van der Waals surface area contributed by atoms with E-state index < -0.39 is 5.54 Å². The van der Waals surface area contributed by atoms with Gasteiger partial charge in [0.05, 0.1) is 6.61 Å². The van der Waals surface area contributed by atoms with E-state index in [1.807, 2.05) is 13.8 Å². The van der Waals surface area contributed by atoms with Gasteiger partial charge in [-0.1, -0.05) is 6.08 Å². The van der Waals surface area contributed by atoms with Gasteiger partial charge in [-0.3, -0.25) is 4.79 Å². The fourth-order valence-corrected chi connectivity index (χ4v) is 1.01. The second kappa shape index (κ2) is 5.75. The van der Waals surface area contributed by atoms with Crippen LogP contribution >= 0.6 is 0 Å². The van der Waals surface area contributed by atoms with Gasteiger partial charge in [0.1, 0.15) is 5.54 Å². The molecule has 1 atom stereocenters. The largest absolute Gasteiger partial charge is 0.465 e. The molecule has 0 aromatic heterocycles. The highest BCUT2D eigenvalue weighted by Crippen LogP contribution is 2.14. The van der Waals surface area contributed by atoms with E-state index in [2.05, 4.69) is 11.9 Å². The lowest BCUT2D eigenvalue weighted by molar-refractivity contribution is -0.150. The number of carbonyl (C=O) groups is 1. The Labute approximate surface area is 80.2 Å². The van der Waals surface area contributed by atoms with Gasteiger partial charge in [0, 0.05) is 0 Å². The van der Waals surface area contributed by atoms with Crippen LogP contribution in [0.25, 0.3) is 0 Å². The molecule has 0 aromatic rings. The number of hydrogen-bond acceptors (Lipinski definition) is 3. The standard InChI is InChI=1S/C10H19NO2/c1-5-7-8-10(3,11-4)9(12)13-6-2/h5,11H,1,6-8H2,2-4H3. The molecule has 0 aliphatic heterocycles. The normalized spacial score (nSPS) is 14.7. The molecule has 0 spiro atoms. The van der Waals surface area contributed by atoms with Crippen molar-refractivity contribution >= 4 is 5.97 Å². The first-order valence-electron chi connectivity index (χ1n) is 4.57. The molecule has 1 N–H and O–H groups in total. The Morgan fingerprint density at radius 1 is 1.69 bits per heavy atom. The van der Waals surface area contributed by atoms with Crippen LogP contribution in [0.1, 0.15) is 26.7 Å². The SMILES string of the molecule is C=CCCC(C)(NC)C(=O)OCC. The Bertz CT molecular complexity index is 180. The number of likely N-dealkylation sites (N-methyl/N-ethyl adjacent to an activating group) is 1. The van der Waals surface area contributed by atoms with Crippen LogP contribution < -0.4 is 5.32 Å². The third-order valence-corrected chi connectivity index (χ3v) is 2.13. The lowest BCUT2D eigenvalue weighted by Gasteiger charge is -2.25. The zero-order chi connectivity index (χ0) is 10.3. The van der Waals surface area contributed by atoms with Gasteiger partial charge in [-0.05, 0) is 33.7 Å². The molecule has 0 saturated carbocycles. The van der Waals surface area contributed by atoms with E-state index in [4.69, 9.17) is 4.74 Å². The van der Waals surface area contributed by atoms with Crippen molar-refractivity contribution in [3.8, 4) is 0 Å². The second-order valence-electron chi connectivity index (χ2n) is 3.13. The van der Waals surface area contributed by atoms with Crippen LogP contribution in [-0.4, -0.2) is 25.2 Å². The van der Waals surface area contributed by atoms with Crippen molar-refractivity contribution in [3.63, 3.8) is 0 Å². The van der Waals surface area contributed by atoms with E-state index in [0.29, 0.717) is 13.0 Å². The third kappa shape index (κ3) is 3.59. The first-order valence-corrected chi connectivity index (χ1v) is 4.57. The molecule has 0 radical (unpaired) electrons. The zero-order valence-electron chi connectivity index (χ0n) is 8.72. The predicted octanol–water partition coefficient (Wildman–Crippen LogP) is 1.49. The van der Waals surface area contributed by atoms with Gasteiger partial charge in [-0.2, -0.15) is 0 Å². The van der Waals surface area contributed by atoms with Crippen LogP contribution in [0.4, 0.5) is 0 Å². The molecule has 3 heteroatoms. The molecule has 0 aromatic carbocycles. The number of carbonyl (C=O) groups excluding carboxylic acids is 1. The maximum absolute atomic E-state index is 11.5. The fourth-order valence-electron chi connectivity index (χ4n) is 1.01. The van der Waals surface area contributed by atoms with E-state index in [9.17, 15) is 4.79 Å². The quantitative estimate of drug-likeness (QED) is 0.503. The highest BCUT2D eigenvalue weighted by molar-refractivity contribution is 5.80. The summed E-state index contributed by atoms with van der Waals surface area (Å²) in [5, 5.41) is 2.98. The Hall–Kier alpha value is -0.830. The maximum Gasteiger partial charge on any atom is 0.326 e. The van der Waals surface area contributed by atoms with E-state index in [0.717, 1.165) is 6.42 Å². The summed E-state index contributed by atoms with van der Waals surface area (Å²) in [6.07, 6.45) is 3.32. The summed E-state index contributed by atoms with van der Waals surface area (Å²) >= 11 is 0. The van der Waals surface area contributed by atoms with Gasteiger partial charge in [0.25, 0.3) is 0 Å². The van der Waals surface area contributed by atoms with Crippen molar-refractivity contribution in [1.29, 1.82) is 0 Å². The van der Waals surface area contributed by atoms with Crippen LogP contribution in [0.2, 0.25) is 0 Å². The van der Waals surface area contributed by atoms with Crippen molar-refractivity contribution < 1.29 is 9.53 Å². The van der Waals surface area contributed by atoms with Gasteiger partial charge in [0.15, 0.2) is 0 Å². The first kappa shape index (κ1) is 12.2. The van der Waals surface area contributed by atoms with Crippen LogP contribution in [-0.2, 0) is 9.53 Å². The third-order valence-electron chi connectivity index (χ3n) is 2.13. The number of hydrogen-bond donors (Lipinski definition) is 1. The Kier molecular flexibility index (Phi) is 5.39. The summed E-state index contributed by atoms with van der Waals surface area (Å²) in [5.41, 5.74) is -0.579. The number of ether oxygens (including phenoxy) is 1. The molecular weight excluding hydrogens is 166 g/mol. The van der Waals surface area contributed by atoms with Crippen molar-refractivity contribution in [2.45, 2.75) is 32.2 Å². The van der Waals surface area contributed by atoms with Crippen molar-refractivity contribution in [1.82, 2.24) is 5.32 Å². The molecule has 0 aliphatic rings. The molecule has 0 fully saturated rings. The van der Waals surface area contributed by atoms with Crippen LogP contribution in [0.5, 0.6) is 0 Å². The van der Waals surface area contributed by atoms with Crippen LogP contribution in [0.3, 0.4) is 0 Å². The number of esters is 1. The molecule has 0 amide bonds. The number of nitrogens with one attached hydrogen (secondary N) is 1. The molecule has 1 unspecified atom stereocenters. The summed E-state index contributed by atoms with van der Waals surface area (Å²) in [6.45, 7) is 7.69. The minimum absolute atomic E-state index is 0.195. The summed E-state index contributed by atoms with van der Waals surface area (Å²) in [5.74, 6) is -0.195. The lowest BCUT2D eigenvalue weighted by atomic mass is 9.96. The minimum atomic E-state index is -0.579. The van der Waals surface area contributed by atoms with Crippen molar-refractivity contribution in [2.24, 2.45) is 0 Å². The van der Waals surface area contributed by atoms with E-state index in [1.165, 1.54) is 0 Å².